The molecule has 0 aliphatic heterocycles. The van der Waals surface area contributed by atoms with Crippen LogP contribution in [0.15, 0.2) is 45.9 Å². The Morgan fingerprint density at radius 3 is 2.68 bits per heavy atom. The number of nitrogens with zero attached hydrogens (tertiary/aromatic N) is 1. The molecule has 2 rings (SSSR count). The van der Waals surface area contributed by atoms with E-state index in [0.29, 0.717) is 11.4 Å². The molecule has 0 radical (unpaired) electrons. The van der Waals surface area contributed by atoms with E-state index in [2.05, 4.69) is 0 Å². The van der Waals surface area contributed by atoms with Crippen molar-refractivity contribution < 1.29 is 12.8 Å². The molecule has 2 N–H and O–H groups in total. The van der Waals surface area contributed by atoms with Crippen LogP contribution in [0.3, 0.4) is 0 Å². The highest BCUT2D eigenvalue weighted by Crippen LogP contribution is 2.24. The van der Waals surface area contributed by atoms with Crippen molar-refractivity contribution in [1.82, 2.24) is 4.31 Å². The summed E-state index contributed by atoms with van der Waals surface area (Å²) < 4.78 is 30.9. The summed E-state index contributed by atoms with van der Waals surface area (Å²) in [5.74, 6) is 0.563. The molecule has 5 nitrogen and oxygen atoms in total. The van der Waals surface area contributed by atoms with Crippen LogP contribution in [0.4, 0.5) is 5.69 Å². The zero-order valence-electron chi connectivity index (χ0n) is 10.2. The molecule has 0 amide bonds. The summed E-state index contributed by atoms with van der Waals surface area (Å²) in [5.41, 5.74) is 5.90. The Morgan fingerprint density at radius 2 is 2.11 bits per heavy atom. The van der Waals surface area contributed by atoms with Gasteiger partial charge in [0.1, 0.15) is 5.76 Å². The van der Waals surface area contributed by atoms with Crippen molar-refractivity contribution in [2.24, 2.45) is 0 Å². The molecule has 7 heteroatoms. The topological polar surface area (TPSA) is 76.5 Å². The Hall–Kier alpha value is -1.50. The van der Waals surface area contributed by atoms with E-state index < -0.39 is 10.0 Å². The molecular formula is C12H13ClN2O3S. The number of nitrogens with two attached hydrogens (primary N) is 1. The van der Waals surface area contributed by atoms with Crippen LogP contribution in [0.5, 0.6) is 0 Å². The summed E-state index contributed by atoms with van der Waals surface area (Å²) in [4.78, 5) is 0.0979. The molecule has 102 valence electrons. The number of halogens is 1. The van der Waals surface area contributed by atoms with Crippen molar-refractivity contribution >= 4 is 27.3 Å². The number of nitrogen functional groups attached to an aromatic ring is 1. The van der Waals surface area contributed by atoms with E-state index in [1.807, 2.05) is 0 Å². The Labute approximate surface area is 116 Å². The predicted octanol–water partition coefficient (Wildman–Crippen LogP) is 2.34. The van der Waals surface area contributed by atoms with Crippen LogP contribution in [0.2, 0.25) is 5.02 Å². The van der Waals surface area contributed by atoms with Crippen molar-refractivity contribution in [2.75, 3.05) is 12.8 Å². The Bertz CT molecular complexity index is 668. The molecule has 0 spiro atoms. The standard InChI is InChI=1S/C12H13ClN2O3S/c1-15(8-9-3-2-6-18-9)19(16,17)10-4-5-12(14)11(13)7-10/h2-7H,8,14H2,1H3. The van der Waals surface area contributed by atoms with Crippen molar-refractivity contribution in [3.8, 4) is 0 Å². The second-order valence-electron chi connectivity index (χ2n) is 4.02. The van der Waals surface area contributed by atoms with Crippen molar-refractivity contribution in [1.29, 1.82) is 0 Å². The molecule has 0 fully saturated rings. The summed E-state index contributed by atoms with van der Waals surface area (Å²) in [6.07, 6.45) is 1.50. The maximum atomic E-state index is 12.3. The molecule has 0 atom stereocenters. The van der Waals surface area contributed by atoms with Gasteiger partial charge in [-0.25, -0.2) is 8.42 Å². The Balaban J connectivity index is 2.28. The van der Waals surface area contributed by atoms with E-state index in [9.17, 15) is 8.42 Å². The molecular weight excluding hydrogens is 288 g/mol. The minimum atomic E-state index is -3.62. The van der Waals surface area contributed by atoms with Crippen LogP contribution in [0, 0.1) is 0 Å². The van der Waals surface area contributed by atoms with E-state index in [0.717, 1.165) is 0 Å². The molecule has 1 aromatic heterocycles. The maximum absolute atomic E-state index is 12.3. The van der Waals surface area contributed by atoms with Crippen molar-refractivity contribution in [3.63, 3.8) is 0 Å². The number of sulfonamides is 1. The van der Waals surface area contributed by atoms with Gasteiger partial charge in [0, 0.05) is 7.05 Å². The fourth-order valence-electron chi connectivity index (χ4n) is 1.56. The number of rotatable bonds is 4. The zero-order chi connectivity index (χ0) is 14.0. The van der Waals surface area contributed by atoms with Gasteiger partial charge in [0.2, 0.25) is 10.0 Å². The normalized spacial score (nSPS) is 11.9. The third-order valence-electron chi connectivity index (χ3n) is 2.64. The van der Waals surface area contributed by atoms with E-state index in [4.69, 9.17) is 21.8 Å². The van der Waals surface area contributed by atoms with Gasteiger partial charge in [-0.15, -0.1) is 0 Å². The van der Waals surface area contributed by atoms with Crippen LogP contribution < -0.4 is 5.73 Å². The lowest BCUT2D eigenvalue weighted by Gasteiger charge is -2.16. The van der Waals surface area contributed by atoms with Gasteiger partial charge in [-0.3, -0.25) is 0 Å². The molecule has 1 heterocycles. The third-order valence-corrected chi connectivity index (χ3v) is 4.77. The van der Waals surface area contributed by atoms with E-state index in [1.165, 1.54) is 35.8 Å². The van der Waals surface area contributed by atoms with Gasteiger partial charge in [0.05, 0.1) is 28.4 Å². The first-order valence-corrected chi connectivity index (χ1v) is 7.27. The van der Waals surface area contributed by atoms with Gasteiger partial charge >= 0.3 is 0 Å². The van der Waals surface area contributed by atoms with Crippen LogP contribution in [0.25, 0.3) is 0 Å². The number of hydrogen-bond acceptors (Lipinski definition) is 4. The predicted molar refractivity (Wildman–Crippen MR) is 73.2 cm³/mol. The first kappa shape index (κ1) is 13.9. The van der Waals surface area contributed by atoms with Gasteiger partial charge in [-0.1, -0.05) is 11.6 Å². The highest BCUT2D eigenvalue weighted by molar-refractivity contribution is 7.89. The largest absolute Gasteiger partial charge is 0.468 e. The maximum Gasteiger partial charge on any atom is 0.243 e. The van der Waals surface area contributed by atoms with Gasteiger partial charge in [0.25, 0.3) is 0 Å². The van der Waals surface area contributed by atoms with E-state index in [1.54, 1.807) is 12.1 Å². The highest BCUT2D eigenvalue weighted by Gasteiger charge is 2.22. The summed E-state index contributed by atoms with van der Waals surface area (Å²) in [5, 5.41) is 0.215. The molecule has 0 bridgehead atoms. The average molecular weight is 301 g/mol. The lowest BCUT2D eigenvalue weighted by atomic mass is 10.3. The first-order chi connectivity index (χ1) is 8.91. The minimum absolute atomic E-state index is 0.0979. The molecule has 0 unspecified atom stereocenters. The van der Waals surface area contributed by atoms with Crippen molar-refractivity contribution in [2.45, 2.75) is 11.4 Å². The van der Waals surface area contributed by atoms with E-state index in [-0.39, 0.29) is 16.5 Å². The molecule has 0 saturated carbocycles. The van der Waals surface area contributed by atoms with Gasteiger partial charge in [-0.2, -0.15) is 4.31 Å². The van der Waals surface area contributed by atoms with Gasteiger partial charge in [0.15, 0.2) is 0 Å². The van der Waals surface area contributed by atoms with Gasteiger partial charge < -0.3 is 10.2 Å². The number of hydrogen-bond donors (Lipinski definition) is 1. The quantitative estimate of drug-likeness (QED) is 0.879. The summed E-state index contributed by atoms with van der Waals surface area (Å²) in [7, 11) is -2.15. The minimum Gasteiger partial charge on any atom is -0.468 e. The fraction of sp³-hybridized carbons (Fsp3) is 0.167. The van der Waals surface area contributed by atoms with Crippen LogP contribution in [-0.2, 0) is 16.6 Å². The molecule has 0 aliphatic carbocycles. The van der Waals surface area contributed by atoms with Crippen LogP contribution in [0.1, 0.15) is 5.76 Å². The first-order valence-electron chi connectivity index (χ1n) is 5.45. The molecule has 1 aromatic carbocycles. The molecule has 0 saturated heterocycles. The van der Waals surface area contributed by atoms with Crippen LogP contribution >= 0.6 is 11.6 Å². The Kier molecular flexibility index (Phi) is 3.84. The number of benzene rings is 1. The molecule has 2 aromatic rings. The molecule has 0 aliphatic rings. The summed E-state index contributed by atoms with van der Waals surface area (Å²) in [6, 6.07) is 7.65. The summed E-state index contributed by atoms with van der Waals surface area (Å²) >= 11 is 5.84. The lowest BCUT2D eigenvalue weighted by Crippen LogP contribution is -2.26. The third kappa shape index (κ3) is 2.91. The average Bonchev–Trinajstić information content (AvgIpc) is 2.85. The second-order valence-corrected chi connectivity index (χ2v) is 6.48. The monoisotopic (exact) mass is 300 g/mol. The SMILES string of the molecule is CN(Cc1ccco1)S(=O)(=O)c1ccc(N)c(Cl)c1. The fourth-order valence-corrected chi connectivity index (χ4v) is 2.96. The van der Waals surface area contributed by atoms with Gasteiger partial charge in [-0.05, 0) is 30.3 Å². The molecule has 19 heavy (non-hydrogen) atoms. The summed E-state index contributed by atoms with van der Waals surface area (Å²) in [6.45, 7) is 0.150. The lowest BCUT2D eigenvalue weighted by molar-refractivity contribution is 0.406. The second kappa shape index (κ2) is 5.24. The smallest absolute Gasteiger partial charge is 0.243 e. The van der Waals surface area contributed by atoms with E-state index >= 15 is 0 Å². The number of anilines is 1. The van der Waals surface area contributed by atoms with Crippen molar-refractivity contribution in [3.05, 3.63) is 47.4 Å². The van der Waals surface area contributed by atoms with Crippen LogP contribution in [-0.4, -0.2) is 19.8 Å². The number of furan rings is 1. The highest BCUT2D eigenvalue weighted by atomic mass is 35.5. The Morgan fingerprint density at radius 1 is 1.37 bits per heavy atom. The zero-order valence-corrected chi connectivity index (χ0v) is 11.8.